The topological polar surface area (TPSA) is 75.4 Å². The molecule has 1 aromatic carbocycles. The highest BCUT2D eigenvalue weighted by Crippen LogP contribution is 2.16. The minimum absolute atomic E-state index is 0.309. The van der Waals surface area contributed by atoms with E-state index in [4.69, 9.17) is 5.73 Å². The number of hydrogen-bond acceptors (Lipinski definition) is 3. The van der Waals surface area contributed by atoms with E-state index in [9.17, 15) is 18.4 Å². The monoisotopic (exact) mass is 285 g/mol. The summed E-state index contributed by atoms with van der Waals surface area (Å²) in [7, 11) is 1.58. The van der Waals surface area contributed by atoms with Crippen molar-refractivity contribution in [3.8, 4) is 0 Å². The number of benzene rings is 1. The fraction of sp³-hybridized carbons (Fsp3) is 0.385. The number of nitrogens with two attached hydrogens (primary N) is 1. The van der Waals surface area contributed by atoms with Crippen LogP contribution < -0.4 is 11.1 Å². The molecule has 2 amide bonds. The molecular weight excluding hydrogens is 268 g/mol. The molecule has 0 spiro atoms. The summed E-state index contributed by atoms with van der Waals surface area (Å²) in [4.78, 5) is 25.1. The first-order chi connectivity index (χ1) is 9.27. The van der Waals surface area contributed by atoms with E-state index in [1.54, 1.807) is 14.0 Å². The van der Waals surface area contributed by atoms with Crippen LogP contribution in [0, 0.1) is 11.6 Å². The third kappa shape index (κ3) is 3.43. The molecule has 0 fully saturated rings. The molecule has 1 rings (SSSR count). The molecule has 0 bridgehead atoms. The second-order valence-corrected chi connectivity index (χ2v) is 4.40. The zero-order valence-electron chi connectivity index (χ0n) is 11.5. The summed E-state index contributed by atoms with van der Waals surface area (Å²) in [6, 6.07) is 0.619. The van der Waals surface area contributed by atoms with Gasteiger partial charge in [0.2, 0.25) is 5.91 Å². The van der Waals surface area contributed by atoms with Crippen molar-refractivity contribution in [1.82, 2.24) is 10.2 Å². The van der Waals surface area contributed by atoms with Gasteiger partial charge in [0.25, 0.3) is 5.91 Å². The fourth-order valence-electron chi connectivity index (χ4n) is 1.56. The molecule has 0 radical (unpaired) electrons. The quantitative estimate of drug-likeness (QED) is 0.815. The predicted octanol–water partition coefficient (Wildman–Crippen LogP) is 1.14. The van der Waals surface area contributed by atoms with Crippen LogP contribution in [0.2, 0.25) is 0 Å². The molecule has 0 aliphatic heterocycles. The Kier molecular flexibility index (Phi) is 5.01. The maximum Gasteiger partial charge on any atom is 0.254 e. The van der Waals surface area contributed by atoms with Crippen molar-refractivity contribution >= 4 is 17.5 Å². The van der Waals surface area contributed by atoms with Gasteiger partial charge in [-0.25, -0.2) is 8.78 Å². The summed E-state index contributed by atoms with van der Waals surface area (Å²) in [6.07, 6.45) is 0. The Balaban J connectivity index is 2.87. The molecule has 1 unspecified atom stereocenters. The molecule has 1 atom stereocenters. The molecule has 1 aromatic rings. The lowest BCUT2D eigenvalue weighted by Gasteiger charge is -2.20. The Morgan fingerprint density at radius 2 is 1.95 bits per heavy atom. The number of rotatable bonds is 4. The SMILES string of the molecule is CCN(C)C(=O)C(C)NC(=O)c1cc(N)c(F)cc1F. The summed E-state index contributed by atoms with van der Waals surface area (Å²) >= 11 is 0. The van der Waals surface area contributed by atoms with E-state index in [0.717, 1.165) is 6.07 Å². The molecule has 0 aromatic heterocycles. The molecule has 20 heavy (non-hydrogen) atoms. The number of halogens is 2. The Morgan fingerprint density at radius 1 is 1.35 bits per heavy atom. The van der Waals surface area contributed by atoms with Crippen molar-refractivity contribution in [2.75, 3.05) is 19.3 Å². The molecule has 0 heterocycles. The summed E-state index contributed by atoms with van der Waals surface area (Å²) in [5, 5.41) is 2.35. The molecule has 0 saturated heterocycles. The molecular formula is C13H17F2N3O2. The van der Waals surface area contributed by atoms with Gasteiger partial charge in [-0.2, -0.15) is 0 Å². The second kappa shape index (κ2) is 6.31. The van der Waals surface area contributed by atoms with Gasteiger partial charge in [-0.15, -0.1) is 0 Å². The molecule has 0 aliphatic rings. The maximum atomic E-state index is 13.5. The largest absolute Gasteiger partial charge is 0.396 e. The fourth-order valence-corrected chi connectivity index (χ4v) is 1.56. The van der Waals surface area contributed by atoms with Crippen molar-refractivity contribution in [3.05, 3.63) is 29.3 Å². The maximum absolute atomic E-state index is 13.5. The highest BCUT2D eigenvalue weighted by molar-refractivity contribution is 5.98. The Hall–Kier alpha value is -2.18. The number of nitrogen functional groups attached to an aromatic ring is 1. The van der Waals surface area contributed by atoms with E-state index in [-0.39, 0.29) is 11.6 Å². The number of hydrogen-bond donors (Lipinski definition) is 2. The Labute approximate surface area is 115 Å². The number of carbonyl (C=O) groups is 2. The van der Waals surface area contributed by atoms with E-state index in [1.807, 2.05) is 0 Å². The van der Waals surface area contributed by atoms with Gasteiger partial charge in [0.1, 0.15) is 17.7 Å². The first kappa shape index (κ1) is 15.9. The molecule has 0 saturated carbocycles. The van der Waals surface area contributed by atoms with E-state index >= 15 is 0 Å². The summed E-state index contributed by atoms with van der Waals surface area (Å²) < 4.78 is 26.5. The first-order valence-electron chi connectivity index (χ1n) is 6.08. The number of anilines is 1. The van der Waals surface area contributed by atoms with Crippen molar-refractivity contribution < 1.29 is 18.4 Å². The minimum atomic E-state index is -1.03. The number of amides is 2. The van der Waals surface area contributed by atoms with Crippen LogP contribution in [0.1, 0.15) is 24.2 Å². The van der Waals surface area contributed by atoms with Crippen LogP contribution in [0.3, 0.4) is 0 Å². The highest BCUT2D eigenvalue weighted by atomic mass is 19.1. The zero-order chi connectivity index (χ0) is 15.4. The molecule has 7 heteroatoms. The standard InChI is InChI=1S/C13H17F2N3O2/c1-4-18(3)13(20)7(2)17-12(19)8-5-11(16)10(15)6-9(8)14/h5-7H,4,16H2,1-3H3,(H,17,19). The minimum Gasteiger partial charge on any atom is -0.396 e. The van der Waals surface area contributed by atoms with E-state index in [2.05, 4.69) is 5.32 Å². The summed E-state index contributed by atoms with van der Waals surface area (Å²) in [5.41, 5.74) is 4.56. The molecule has 5 nitrogen and oxygen atoms in total. The normalized spacial score (nSPS) is 11.8. The van der Waals surface area contributed by atoms with Gasteiger partial charge in [0.15, 0.2) is 0 Å². The number of carbonyl (C=O) groups excluding carboxylic acids is 2. The van der Waals surface area contributed by atoms with Crippen LogP contribution in [0.4, 0.5) is 14.5 Å². The van der Waals surface area contributed by atoms with Crippen molar-refractivity contribution in [3.63, 3.8) is 0 Å². The molecule has 0 aliphatic carbocycles. The predicted molar refractivity (Wildman–Crippen MR) is 71.0 cm³/mol. The van der Waals surface area contributed by atoms with E-state index in [1.165, 1.54) is 11.8 Å². The van der Waals surface area contributed by atoms with Gasteiger partial charge >= 0.3 is 0 Å². The molecule has 110 valence electrons. The first-order valence-corrected chi connectivity index (χ1v) is 6.08. The lowest BCUT2D eigenvalue weighted by Crippen LogP contribution is -2.45. The van der Waals surface area contributed by atoms with Gasteiger partial charge < -0.3 is 16.0 Å². The van der Waals surface area contributed by atoms with Crippen molar-refractivity contribution in [1.29, 1.82) is 0 Å². The van der Waals surface area contributed by atoms with Crippen LogP contribution in [0.5, 0.6) is 0 Å². The van der Waals surface area contributed by atoms with Crippen LogP contribution >= 0.6 is 0 Å². The highest BCUT2D eigenvalue weighted by Gasteiger charge is 2.21. The lowest BCUT2D eigenvalue weighted by molar-refractivity contribution is -0.131. The van der Waals surface area contributed by atoms with Crippen LogP contribution in [-0.2, 0) is 4.79 Å². The summed E-state index contributed by atoms with van der Waals surface area (Å²) in [6.45, 7) is 3.75. The van der Waals surface area contributed by atoms with Gasteiger partial charge in [0.05, 0.1) is 11.3 Å². The number of likely N-dealkylation sites (N-methyl/N-ethyl adjacent to an activating group) is 1. The molecule has 3 N–H and O–H groups in total. The lowest BCUT2D eigenvalue weighted by atomic mass is 10.1. The number of nitrogens with one attached hydrogen (secondary N) is 1. The average molecular weight is 285 g/mol. The van der Waals surface area contributed by atoms with Crippen LogP contribution in [0.15, 0.2) is 12.1 Å². The smallest absolute Gasteiger partial charge is 0.254 e. The Morgan fingerprint density at radius 3 is 2.50 bits per heavy atom. The third-order valence-electron chi connectivity index (χ3n) is 2.90. The van der Waals surface area contributed by atoms with E-state index < -0.39 is 29.1 Å². The van der Waals surface area contributed by atoms with E-state index in [0.29, 0.717) is 12.6 Å². The van der Waals surface area contributed by atoms with Gasteiger partial charge in [-0.3, -0.25) is 9.59 Å². The van der Waals surface area contributed by atoms with Gasteiger partial charge in [-0.05, 0) is 19.9 Å². The summed E-state index contributed by atoms with van der Waals surface area (Å²) in [5.74, 6) is -3.09. The second-order valence-electron chi connectivity index (χ2n) is 4.40. The third-order valence-corrected chi connectivity index (χ3v) is 2.90. The average Bonchev–Trinajstić information content (AvgIpc) is 2.40. The van der Waals surface area contributed by atoms with Crippen molar-refractivity contribution in [2.45, 2.75) is 19.9 Å². The van der Waals surface area contributed by atoms with Gasteiger partial charge in [0, 0.05) is 19.7 Å². The zero-order valence-corrected chi connectivity index (χ0v) is 11.5. The Bertz CT molecular complexity index is 535. The van der Waals surface area contributed by atoms with Crippen LogP contribution in [0.25, 0.3) is 0 Å². The van der Waals surface area contributed by atoms with Gasteiger partial charge in [-0.1, -0.05) is 0 Å². The number of nitrogens with zero attached hydrogens (tertiary/aromatic N) is 1. The van der Waals surface area contributed by atoms with Crippen molar-refractivity contribution in [2.24, 2.45) is 0 Å². The van der Waals surface area contributed by atoms with Crippen LogP contribution in [-0.4, -0.2) is 36.3 Å².